The van der Waals surface area contributed by atoms with Gasteiger partial charge in [-0.3, -0.25) is 19.4 Å². The number of anilines is 2. The zero-order chi connectivity index (χ0) is 31.5. The molecule has 2 heterocycles. The Hall–Kier alpha value is -4.74. The molecular weight excluding hydrogens is 605 g/mol. The van der Waals surface area contributed by atoms with Crippen LogP contribution in [0.25, 0.3) is 22.4 Å². The highest BCUT2D eigenvalue weighted by molar-refractivity contribution is 6.39. The molecule has 44 heavy (non-hydrogen) atoms. The van der Waals surface area contributed by atoms with Gasteiger partial charge in [0, 0.05) is 55.8 Å². The molecule has 13 heteroatoms. The lowest BCUT2D eigenvalue weighted by Crippen LogP contribution is -2.29. The van der Waals surface area contributed by atoms with Crippen LogP contribution < -0.4 is 21.5 Å². The van der Waals surface area contributed by atoms with Crippen molar-refractivity contribution in [1.82, 2.24) is 25.0 Å². The van der Waals surface area contributed by atoms with E-state index < -0.39 is 11.6 Å². The fourth-order valence-electron chi connectivity index (χ4n) is 4.45. The van der Waals surface area contributed by atoms with Gasteiger partial charge in [-0.05, 0) is 61.2 Å². The van der Waals surface area contributed by atoms with Gasteiger partial charge in [-0.25, -0.2) is 9.48 Å². The van der Waals surface area contributed by atoms with E-state index in [2.05, 4.69) is 26.0 Å². The van der Waals surface area contributed by atoms with Gasteiger partial charge in [0.2, 0.25) is 0 Å². The first-order chi connectivity index (χ1) is 21.0. The van der Waals surface area contributed by atoms with E-state index >= 15 is 0 Å². The van der Waals surface area contributed by atoms with Crippen molar-refractivity contribution < 1.29 is 14.4 Å². The smallest absolute Gasteiger partial charge is 0.323 e. The number of aryl methyl sites for hydroxylation is 1. The zero-order valence-electron chi connectivity index (χ0n) is 24.1. The molecule has 4 amide bonds. The zero-order valence-corrected chi connectivity index (χ0v) is 25.7. The van der Waals surface area contributed by atoms with Crippen molar-refractivity contribution in [3.8, 4) is 22.4 Å². The monoisotopic (exact) mass is 633 g/mol. The van der Waals surface area contributed by atoms with Crippen molar-refractivity contribution in [1.29, 1.82) is 0 Å². The Morgan fingerprint density at radius 2 is 1.61 bits per heavy atom. The number of carbonyl (C=O) groups is 3. The van der Waals surface area contributed by atoms with Gasteiger partial charge in [-0.1, -0.05) is 41.4 Å². The van der Waals surface area contributed by atoms with Gasteiger partial charge in [-0.2, -0.15) is 5.10 Å². The van der Waals surface area contributed by atoms with Crippen LogP contribution in [0.3, 0.4) is 0 Å². The third-order valence-electron chi connectivity index (χ3n) is 6.87. The number of carbonyl (C=O) groups excluding carboxylic acids is 3. The number of amides is 4. The van der Waals surface area contributed by atoms with Crippen molar-refractivity contribution in [2.24, 2.45) is 0 Å². The maximum atomic E-state index is 13.1. The molecule has 1 saturated carbocycles. The highest BCUT2D eigenvalue weighted by atomic mass is 35.5. The molecule has 2 aromatic carbocycles. The fourth-order valence-corrected chi connectivity index (χ4v) is 4.91. The second-order valence-electron chi connectivity index (χ2n) is 10.4. The summed E-state index contributed by atoms with van der Waals surface area (Å²) in [5.41, 5.74) is 2.83. The van der Waals surface area contributed by atoms with Crippen LogP contribution in [0.15, 0.2) is 65.7 Å². The van der Waals surface area contributed by atoms with E-state index in [0.717, 1.165) is 18.4 Å². The molecular formula is C31H29Cl2N7O4. The summed E-state index contributed by atoms with van der Waals surface area (Å²) in [6.07, 6.45) is 4.54. The first kappa shape index (κ1) is 30.7. The van der Waals surface area contributed by atoms with Crippen LogP contribution in [-0.2, 0) is 6.54 Å². The lowest BCUT2D eigenvalue weighted by atomic mass is 9.96. The Kier molecular flexibility index (Phi) is 8.98. The summed E-state index contributed by atoms with van der Waals surface area (Å²) in [6.45, 7) is 2.01. The van der Waals surface area contributed by atoms with Crippen LogP contribution in [0.5, 0.6) is 0 Å². The first-order valence-corrected chi connectivity index (χ1v) is 14.6. The summed E-state index contributed by atoms with van der Waals surface area (Å²) >= 11 is 12.2. The van der Waals surface area contributed by atoms with Gasteiger partial charge in [0.05, 0.1) is 21.4 Å². The lowest BCUT2D eigenvalue weighted by molar-refractivity contribution is 0.0827. The second kappa shape index (κ2) is 12.9. The van der Waals surface area contributed by atoms with Crippen molar-refractivity contribution in [3.63, 3.8) is 0 Å². The van der Waals surface area contributed by atoms with Crippen LogP contribution in [-0.4, -0.2) is 57.6 Å². The van der Waals surface area contributed by atoms with Gasteiger partial charge < -0.3 is 20.9 Å². The molecule has 0 atom stereocenters. The van der Waals surface area contributed by atoms with E-state index in [1.807, 2.05) is 24.3 Å². The van der Waals surface area contributed by atoms with Gasteiger partial charge in [0.15, 0.2) is 0 Å². The maximum absolute atomic E-state index is 13.1. The molecule has 11 nitrogen and oxygen atoms in total. The number of urea groups is 1. The van der Waals surface area contributed by atoms with Crippen molar-refractivity contribution in [2.75, 3.05) is 24.7 Å². The SMILES string of the molecule is CCn1nc(-c2cccc(-c3cc(C(=O)NC4CC4)cc(C(=O)N(C)C)c3)c2)cc(NC(=O)Nc2c(Cl)cncc2Cl)c1=O. The van der Waals surface area contributed by atoms with E-state index in [4.69, 9.17) is 23.2 Å². The van der Waals surface area contributed by atoms with Crippen LogP contribution in [0.4, 0.5) is 16.2 Å². The predicted octanol–water partition coefficient (Wildman–Crippen LogP) is 5.54. The van der Waals surface area contributed by atoms with Crippen molar-refractivity contribution in [2.45, 2.75) is 32.4 Å². The Balaban J connectivity index is 1.50. The lowest BCUT2D eigenvalue weighted by Gasteiger charge is -2.15. The molecule has 3 N–H and O–H groups in total. The molecule has 0 aliphatic heterocycles. The van der Waals surface area contributed by atoms with Gasteiger partial charge in [0.1, 0.15) is 5.69 Å². The quantitative estimate of drug-likeness (QED) is 0.233. The third kappa shape index (κ3) is 6.90. The summed E-state index contributed by atoms with van der Waals surface area (Å²) in [7, 11) is 3.31. The number of rotatable bonds is 8. The molecule has 5 rings (SSSR count). The topological polar surface area (TPSA) is 138 Å². The van der Waals surface area contributed by atoms with E-state index in [-0.39, 0.29) is 45.8 Å². The number of hydrogen-bond acceptors (Lipinski definition) is 6. The van der Waals surface area contributed by atoms with Crippen molar-refractivity contribution >= 4 is 52.4 Å². The summed E-state index contributed by atoms with van der Waals surface area (Å²) < 4.78 is 1.24. The minimum Gasteiger partial charge on any atom is -0.349 e. The fraction of sp³-hybridized carbons (Fsp3) is 0.226. The Morgan fingerprint density at radius 1 is 0.932 bits per heavy atom. The summed E-state index contributed by atoms with van der Waals surface area (Å²) in [6, 6.07) is 13.3. The summed E-state index contributed by atoms with van der Waals surface area (Å²) in [5.74, 6) is -0.471. The molecule has 226 valence electrons. The molecule has 0 bridgehead atoms. The number of nitrogens with zero attached hydrogens (tertiary/aromatic N) is 4. The highest BCUT2D eigenvalue weighted by Gasteiger charge is 2.25. The number of hydrogen-bond donors (Lipinski definition) is 3. The predicted molar refractivity (Wildman–Crippen MR) is 170 cm³/mol. The molecule has 0 spiro atoms. The van der Waals surface area contributed by atoms with Gasteiger partial charge in [-0.15, -0.1) is 0 Å². The molecule has 4 aromatic rings. The molecule has 1 aliphatic rings. The number of aromatic nitrogens is 3. The van der Waals surface area contributed by atoms with Gasteiger partial charge in [0.25, 0.3) is 17.4 Å². The van der Waals surface area contributed by atoms with E-state index in [1.54, 1.807) is 39.2 Å². The second-order valence-corrected chi connectivity index (χ2v) is 11.3. The Morgan fingerprint density at radius 3 is 2.27 bits per heavy atom. The average Bonchev–Trinajstić information content (AvgIpc) is 3.83. The molecule has 1 fully saturated rings. The molecule has 2 aromatic heterocycles. The number of nitrogens with one attached hydrogen (secondary N) is 3. The Bertz CT molecular complexity index is 1820. The van der Waals surface area contributed by atoms with Crippen LogP contribution in [0.2, 0.25) is 10.0 Å². The largest absolute Gasteiger partial charge is 0.349 e. The molecule has 0 radical (unpaired) electrons. The summed E-state index contributed by atoms with van der Waals surface area (Å²) in [5, 5.41) is 12.9. The Labute approximate surface area is 263 Å². The summed E-state index contributed by atoms with van der Waals surface area (Å²) in [4.78, 5) is 57.1. The van der Waals surface area contributed by atoms with Crippen LogP contribution in [0.1, 0.15) is 40.5 Å². The van der Waals surface area contributed by atoms with Crippen LogP contribution in [0, 0.1) is 0 Å². The van der Waals surface area contributed by atoms with E-state index in [0.29, 0.717) is 27.9 Å². The van der Waals surface area contributed by atoms with Gasteiger partial charge >= 0.3 is 6.03 Å². The van der Waals surface area contributed by atoms with E-state index in [1.165, 1.54) is 28.0 Å². The maximum Gasteiger partial charge on any atom is 0.323 e. The highest BCUT2D eigenvalue weighted by Crippen LogP contribution is 2.30. The number of halogens is 2. The minimum absolute atomic E-state index is 0.0151. The molecule has 0 unspecified atom stereocenters. The molecule has 0 saturated heterocycles. The number of pyridine rings is 1. The third-order valence-corrected chi connectivity index (χ3v) is 7.44. The van der Waals surface area contributed by atoms with E-state index in [9.17, 15) is 19.2 Å². The molecule has 1 aliphatic carbocycles. The average molecular weight is 635 g/mol. The van der Waals surface area contributed by atoms with Crippen molar-refractivity contribution in [3.05, 3.63) is 92.5 Å². The number of benzene rings is 2. The first-order valence-electron chi connectivity index (χ1n) is 13.8. The van der Waals surface area contributed by atoms with Crippen LogP contribution >= 0.6 is 23.2 Å². The normalized spacial score (nSPS) is 12.4. The standard InChI is InChI=1S/C31H29Cl2N7O4/c1-4-40-30(43)26(36-31(44)37-27-23(32)15-34-16-24(27)33)14-25(38-40)18-7-5-6-17(10-18)19-11-20(28(41)35-22-8-9-22)13-21(12-19)29(42)39(2)3/h5-7,10-16,22H,4,8-9H2,1-3H3,(H,35,41)(H2,34,36,37,44). The minimum atomic E-state index is -0.731.